The lowest BCUT2D eigenvalue weighted by Crippen LogP contribution is -2.52. The van der Waals surface area contributed by atoms with Crippen molar-refractivity contribution in [2.75, 3.05) is 18.8 Å². The summed E-state index contributed by atoms with van der Waals surface area (Å²) in [5, 5.41) is 8.74. The number of benzene rings is 1. The first-order chi connectivity index (χ1) is 16.2. The summed E-state index contributed by atoms with van der Waals surface area (Å²) in [7, 11) is 0. The van der Waals surface area contributed by atoms with Gasteiger partial charge in [0.15, 0.2) is 5.65 Å². The Morgan fingerprint density at radius 2 is 2.03 bits per heavy atom. The number of likely N-dealkylation sites (tertiary alicyclic amines) is 1. The Bertz CT molecular complexity index is 1410. The molecule has 34 heavy (non-hydrogen) atoms. The van der Waals surface area contributed by atoms with Crippen molar-refractivity contribution < 1.29 is 9.18 Å². The maximum atomic E-state index is 13.7. The molecule has 0 atom stereocenters. The summed E-state index contributed by atoms with van der Waals surface area (Å²) in [5.74, 6) is 0.252. The molecule has 3 aromatic heterocycles. The van der Waals surface area contributed by atoms with E-state index in [2.05, 4.69) is 38.3 Å². The highest BCUT2D eigenvalue weighted by molar-refractivity contribution is 9.10. The Morgan fingerprint density at radius 3 is 2.76 bits per heavy atom. The number of rotatable bonds is 4. The lowest BCUT2D eigenvalue weighted by molar-refractivity contribution is -0.130. The van der Waals surface area contributed by atoms with Crippen LogP contribution in [0.2, 0.25) is 0 Å². The molecule has 0 bridgehead atoms. The average molecular weight is 526 g/mol. The van der Waals surface area contributed by atoms with E-state index in [0.717, 1.165) is 42.8 Å². The van der Waals surface area contributed by atoms with Crippen LogP contribution in [-0.2, 0) is 11.3 Å². The second-order valence-corrected chi connectivity index (χ2v) is 9.83. The van der Waals surface area contributed by atoms with E-state index in [9.17, 15) is 9.18 Å². The molecular formula is C24H25BrFN7O. The topological polar surface area (TPSA) is 101 Å². The smallest absolute Gasteiger partial charge is 0.219 e. The van der Waals surface area contributed by atoms with E-state index in [-0.39, 0.29) is 17.3 Å². The van der Waals surface area contributed by atoms with Gasteiger partial charge >= 0.3 is 0 Å². The molecule has 4 aromatic rings. The molecule has 0 aliphatic carbocycles. The van der Waals surface area contributed by atoms with Crippen LogP contribution in [0.15, 0.2) is 41.1 Å². The summed E-state index contributed by atoms with van der Waals surface area (Å²) >= 11 is 3.58. The van der Waals surface area contributed by atoms with Gasteiger partial charge in [-0.3, -0.25) is 9.78 Å². The number of anilines is 1. The Hall–Kier alpha value is -3.11. The molecule has 0 unspecified atom stereocenters. The van der Waals surface area contributed by atoms with Crippen LogP contribution in [0, 0.1) is 5.82 Å². The fraction of sp³-hybridized carbons (Fsp3) is 0.333. The van der Waals surface area contributed by atoms with Crippen molar-refractivity contribution in [2.24, 2.45) is 0 Å². The number of amides is 1. The third-order valence-electron chi connectivity index (χ3n) is 6.64. The summed E-state index contributed by atoms with van der Waals surface area (Å²) in [4.78, 5) is 22.9. The Labute approximate surface area is 204 Å². The molecule has 1 amide bonds. The van der Waals surface area contributed by atoms with Crippen molar-refractivity contribution in [3.8, 4) is 11.1 Å². The number of nitrogens with one attached hydrogen (secondary N) is 1. The third kappa shape index (κ3) is 4.12. The second kappa shape index (κ2) is 8.59. The monoisotopic (exact) mass is 525 g/mol. The van der Waals surface area contributed by atoms with Gasteiger partial charge in [0.1, 0.15) is 11.6 Å². The van der Waals surface area contributed by atoms with Gasteiger partial charge in [-0.25, -0.2) is 9.37 Å². The molecule has 1 saturated heterocycles. The highest BCUT2D eigenvalue weighted by Gasteiger charge is 2.31. The van der Waals surface area contributed by atoms with Gasteiger partial charge < -0.3 is 16.0 Å². The first-order valence-electron chi connectivity index (χ1n) is 11.1. The van der Waals surface area contributed by atoms with Crippen LogP contribution in [0.5, 0.6) is 0 Å². The number of fused-ring (bicyclic) bond motifs is 2. The first kappa shape index (κ1) is 22.7. The van der Waals surface area contributed by atoms with Crippen LogP contribution < -0.4 is 11.1 Å². The molecule has 4 heterocycles. The minimum Gasteiger partial charge on any atom is -0.383 e. The van der Waals surface area contributed by atoms with Crippen molar-refractivity contribution in [2.45, 2.75) is 38.8 Å². The summed E-state index contributed by atoms with van der Waals surface area (Å²) in [6.07, 6.45) is 5.15. The number of nitrogen functional groups attached to an aromatic ring is 1. The van der Waals surface area contributed by atoms with E-state index in [0.29, 0.717) is 33.4 Å². The molecule has 5 rings (SSSR count). The van der Waals surface area contributed by atoms with Gasteiger partial charge in [-0.05, 0) is 60.0 Å². The molecule has 0 spiro atoms. The van der Waals surface area contributed by atoms with Gasteiger partial charge in [-0.1, -0.05) is 0 Å². The van der Waals surface area contributed by atoms with Crippen molar-refractivity contribution in [3.63, 3.8) is 0 Å². The first-order valence-corrected chi connectivity index (χ1v) is 11.9. The average Bonchev–Trinajstić information content (AvgIpc) is 3.24. The fourth-order valence-corrected chi connectivity index (χ4v) is 4.80. The van der Waals surface area contributed by atoms with E-state index in [1.54, 1.807) is 29.9 Å². The number of aromatic nitrogens is 4. The molecule has 3 N–H and O–H groups in total. The predicted octanol–water partition coefficient (Wildman–Crippen LogP) is 3.92. The number of piperidine rings is 1. The number of hydrogen-bond donors (Lipinski definition) is 2. The fourth-order valence-electron chi connectivity index (χ4n) is 4.40. The highest BCUT2D eigenvalue weighted by atomic mass is 79.9. The largest absolute Gasteiger partial charge is 0.383 e. The maximum Gasteiger partial charge on any atom is 0.219 e. The minimum absolute atomic E-state index is 0.108. The van der Waals surface area contributed by atoms with Gasteiger partial charge in [-0.2, -0.15) is 9.61 Å². The summed E-state index contributed by atoms with van der Waals surface area (Å²) in [5.41, 5.74) is 9.91. The van der Waals surface area contributed by atoms with E-state index in [1.807, 2.05) is 11.0 Å². The molecule has 10 heteroatoms. The van der Waals surface area contributed by atoms with Crippen molar-refractivity contribution in [1.82, 2.24) is 29.8 Å². The van der Waals surface area contributed by atoms with Crippen LogP contribution >= 0.6 is 15.9 Å². The van der Waals surface area contributed by atoms with Gasteiger partial charge in [0, 0.05) is 54.8 Å². The van der Waals surface area contributed by atoms with E-state index >= 15 is 0 Å². The number of hydrogen-bond acceptors (Lipinski definition) is 6. The summed E-state index contributed by atoms with van der Waals surface area (Å²) in [6, 6.07) is 6.39. The molecule has 0 radical (unpaired) electrons. The molecular weight excluding hydrogens is 501 g/mol. The van der Waals surface area contributed by atoms with Gasteiger partial charge in [-0.15, -0.1) is 0 Å². The summed E-state index contributed by atoms with van der Waals surface area (Å²) in [6.45, 7) is 5.75. The Morgan fingerprint density at radius 1 is 1.26 bits per heavy atom. The number of pyridine rings is 1. The minimum atomic E-state index is -0.311. The van der Waals surface area contributed by atoms with Gasteiger partial charge in [0.25, 0.3) is 0 Å². The number of nitrogens with two attached hydrogens (primary N) is 1. The molecule has 1 aliphatic rings. The van der Waals surface area contributed by atoms with E-state index < -0.39 is 0 Å². The van der Waals surface area contributed by atoms with Crippen LogP contribution in [0.4, 0.5) is 10.2 Å². The zero-order chi connectivity index (χ0) is 24.0. The quantitative estimate of drug-likeness (QED) is 0.418. The second-order valence-electron chi connectivity index (χ2n) is 9.03. The Balaban J connectivity index is 1.46. The predicted molar refractivity (Wildman–Crippen MR) is 133 cm³/mol. The van der Waals surface area contributed by atoms with Gasteiger partial charge in [0.2, 0.25) is 5.91 Å². The van der Waals surface area contributed by atoms with Crippen LogP contribution in [0.1, 0.15) is 32.4 Å². The van der Waals surface area contributed by atoms with E-state index in [1.165, 1.54) is 12.1 Å². The molecule has 0 saturated carbocycles. The lowest BCUT2D eigenvalue weighted by Gasteiger charge is -2.40. The van der Waals surface area contributed by atoms with Crippen molar-refractivity contribution >= 4 is 44.2 Å². The van der Waals surface area contributed by atoms with Crippen molar-refractivity contribution in [3.05, 3.63) is 52.6 Å². The standard InChI is InChI=1S/C24H25BrFN7O/c1-14(34)32-7-5-24(2,6-8-32)29-13-20-21(25)22(27)33-23(31-20)18(12-30-33)16-9-15-10-17(26)3-4-19(15)28-11-16/h3-4,9-12,29H,5-8,13,27H2,1-2H3. The summed E-state index contributed by atoms with van der Waals surface area (Å²) < 4.78 is 16.0. The highest BCUT2D eigenvalue weighted by Crippen LogP contribution is 2.31. The zero-order valence-corrected chi connectivity index (χ0v) is 20.6. The number of halogens is 2. The molecule has 1 fully saturated rings. The van der Waals surface area contributed by atoms with E-state index in [4.69, 9.17) is 10.7 Å². The SMILES string of the molecule is CC(=O)N1CCC(C)(NCc2nc3c(-c4cnc5ccc(F)cc5c4)cnn3c(N)c2Br)CC1. The van der Waals surface area contributed by atoms with Crippen LogP contribution in [0.3, 0.4) is 0 Å². The third-order valence-corrected chi connectivity index (χ3v) is 7.50. The molecule has 1 aliphatic heterocycles. The molecule has 176 valence electrons. The number of carbonyl (C=O) groups is 1. The molecule has 8 nitrogen and oxygen atoms in total. The van der Waals surface area contributed by atoms with Crippen molar-refractivity contribution in [1.29, 1.82) is 0 Å². The molecule has 1 aromatic carbocycles. The normalized spacial score (nSPS) is 15.8. The van der Waals surface area contributed by atoms with Gasteiger partial charge in [0.05, 0.1) is 21.9 Å². The van der Waals surface area contributed by atoms with Crippen LogP contribution in [0.25, 0.3) is 27.7 Å². The Kier molecular flexibility index (Phi) is 5.73. The number of nitrogens with zero attached hydrogens (tertiary/aromatic N) is 5. The lowest BCUT2D eigenvalue weighted by atomic mass is 9.89. The number of carbonyl (C=O) groups excluding carboxylic acids is 1. The zero-order valence-electron chi connectivity index (χ0n) is 19.0. The maximum absolute atomic E-state index is 13.7. The van der Waals surface area contributed by atoms with Crippen LogP contribution in [-0.4, -0.2) is 49.0 Å².